The van der Waals surface area contributed by atoms with Gasteiger partial charge in [0, 0.05) is 30.7 Å². The first-order valence-corrected chi connectivity index (χ1v) is 8.68. The minimum Gasteiger partial charge on any atom is -0.387 e. The minimum atomic E-state index is -0.519. The summed E-state index contributed by atoms with van der Waals surface area (Å²) >= 11 is 0. The summed E-state index contributed by atoms with van der Waals surface area (Å²) < 4.78 is 0. The second kappa shape index (κ2) is 5.52. The predicted octanol–water partition coefficient (Wildman–Crippen LogP) is 1.56. The van der Waals surface area contributed by atoms with Gasteiger partial charge in [0.1, 0.15) is 0 Å². The molecule has 3 aliphatic rings. The normalized spacial score (nSPS) is 31.0. The summed E-state index contributed by atoms with van der Waals surface area (Å²) in [5.74, 6) is 0. The first kappa shape index (κ1) is 14.5. The number of β-amino-alcohol motifs (C(OH)–C–C–N with tert-alkyl or cyclic N) is 1. The Hall–Kier alpha value is -1.10. The molecule has 1 aromatic carbocycles. The number of hydrogen-bond acceptors (Lipinski definition) is 4. The molecule has 4 nitrogen and oxygen atoms in total. The fourth-order valence-corrected chi connectivity index (χ4v) is 4.55. The number of likely N-dealkylation sites (tertiary alicyclic amines) is 1. The average Bonchev–Trinajstić information content (AvgIpc) is 2.90. The standard InChI is InChI=1S/C18H27N3O/c22-18(6-3-9-19-13-18)14-21-10-7-17(8-11-21)12-20-16-5-2-1-4-15(16)17/h1-2,4-5,19-20,22H,3,6-14H2/t18-/m1/s1. The summed E-state index contributed by atoms with van der Waals surface area (Å²) in [5, 5.41) is 17.6. The molecule has 2 saturated heterocycles. The second-order valence-corrected chi connectivity index (χ2v) is 7.46. The first-order chi connectivity index (χ1) is 10.7. The Morgan fingerprint density at radius 3 is 2.68 bits per heavy atom. The smallest absolute Gasteiger partial charge is 0.0898 e. The Morgan fingerprint density at radius 1 is 1.09 bits per heavy atom. The molecule has 0 radical (unpaired) electrons. The maximum atomic E-state index is 10.7. The number of nitrogens with one attached hydrogen (secondary N) is 2. The average molecular weight is 301 g/mol. The van der Waals surface area contributed by atoms with Crippen LogP contribution >= 0.6 is 0 Å². The fourth-order valence-electron chi connectivity index (χ4n) is 4.55. The van der Waals surface area contributed by atoms with E-state index in [1.165, 1.54) is 24.1 Å². The highest BCUT2D eigenvalue weighted by atomic mass is 16.3. The summed E-state index contributed by atoms with van der Waals surface area (Å²) in [6.07, 6.45) is 4.42. The number of piperidine rings is 2. The Labute approximate surface area is 132 Å². The number of fused-ring (bicyclic) bond motifs is 2. The molecule has 0 unspecified atom stereocenters. The van der Waals surface area contributed by atoms with Gasteiger partial charge in [0.2, 0.25) is 0 Å². The van der Waals surface area contributed by atoms with Crippen LogP contribution in [0.1, 0.15) is 31.2 Å². The van der Waals surface area contributed by atoms with E-state index in [1.807, 2.05) is 0 Å². The van der Waals surface area contributed by atoms with Gasteiger partial charge in [0.15, 0.2) is 0 Å². The van der Waals surface area contributed by atoms with Crippen LogP contribution in [0.3, 0.4) is 0 Å². The zero-order valence-electron chi connectivity index (χ0n) is 13.3. The van der Waals surface area contributed by atoms with Crippen LogP contribution in [0.5, 0.6) is 0 Å². The number of anilines is 1. The molecule has 0 bridgehead atoms. The molecule has 1 aromatic rings. The summed E-state index contributed by atoms with van der Waals surface area (Å²) in [5.41, 5.74) is 2.63. The van der Waals surface area contributed by atoms with Crippen LogP contribution < -0.4 is 10.6 Å². The van der Waals surface area contributed by atoms with E-state index in [1.54, 1.807) is 0 Å². The van der Waals surface area contributed by atoms with E-state index >= 15 is 0 Å². The van der Waals surface area contributed by atoms with Gasteiger partial charge in [-0.15, -0.1) is 0 Å². The van der Waals surface area contributed by atoms with Crippen molar-refractivity contribution in [3.05, 3.63) is 29.8 Å². The van der Waals surface area contributed by atoms with Crippen LogP contribution in [0.2, 0.25) is 0 Å². The molecule has 22 heavy (non-hydrogen) atoms. The third kappa shape index (κ3) is 2.53. The quantitative estimate of drug-likeness (QED) is 0.776. The molecule has 3 N–H and O–H groups in total. The van der Waals surface area contributed by atoms with Gasteiger partial charge >= 0.3 is 0 Å². The van der Waals surface area contributed by atoms with Crippen LogP contribution in [-0.4, -0.2) is 54.9 Å². The second-order valence-electron chi connectivity index (χ2n) is 7.46. The molecule has 3 heterocycles. The first-order valence-electron chi connectivity index (χ1n) is 8.68. The van der Waals surface area contributed by atoms with Crippen LogP contribution in [0.4, 0.5) is 5.69 Å². The lowest BCUT2D eigenvalue weighted by Crippen LogP contribution is -2.55. The van der Waals surface area contributed by atoms with Crippen molar-refractivity contribution < 1.29 is 5.11 Å². The topological polar surface area (TPSA) is 47.5 Å². The van der Waals surface area contributed by atoms with Gasteiger partial charge in [-0.3, -0.25) is 0 Å². The van der Waals surface area contributed by atoms with Crippen molar-refractivity contribution in [3.63, 3.8) is 0 Å². The van der Waals surface area contributed by atoms with Crippen LogP contribution in [-0.2, 0) is 5.41 Å². The van der Waals surface area contributed by atoms with Crippen LogP contribution in [0.25, 0.3) is 0 Å². The van der Waals surface area contributed by atoms with Gasteiger partial charge in [0.25, 0.3) is 0 Å². The highest BCUT2D eigenvalue weighted by Crippen LogP contribution is 2.43. The molecular weight excluding hydrogens is 274 g/mol. The molecule has 4 heteroatoms. The van der Waals surface area contributed by atoms with E-state index in [-0.39, 0.29) is 0 Å². The van der Waals surface area contributed by atoms with E-state index in [0.29, 0.717) is 5.41 Å². The SMILES string of the molecule is O[C@]1(CN2CCC3(CC2)CNc2ccccc23)CCCNC1. The third-order valence-corrected chi connectivity index (χ3v) is 5.90. The number of nitrogens with zero attached hydrogens (tertiary/aromatic N) is 1. The Kier molecular flexibility index (Phi) is 3.63. The minimum absolute atomic E-state index is 0.320. The molecule has 0 aliphatic carbocycles. The Morgan fingerprint density at radius 2 is 1.91 bits per heavy atom. The van der Waals surface area contributed by atoms with Crippen LogP contribution in [0.15, 0.2) is 24.3 Å². The monoisotopic (exact) mass is 301 g/mol. The zero-order valence-corrected chi connectivity index (χ0v) is 13.3. The molecule has 0 amide bonds. The molecular formula is C18H27N3O. The molecule has 1 spiro atoms. The summed E-state index contributed by atoms with van der Waals surface area (Å²) in [4.78, 5) is 2.47. The van der Waals surface area contributed by atoms with E-state index < -0.39 is 5.60 Å². The molecule has 1 atom stereocenters. The predicted molar refractivity (Wildman–Crippen MR) is 89.3 cm³/mol. The number of para-hydroxylation sites is 1. The number of aliphatic hydroxyl groups is 1. The van der Waals surface area contributed by atoms with Crippen molar-refractivity contribution in [1.29, 1.82) is 0 Å². The Bertz CT molecular complexity index is 531. The van der Waals surface area contributed by atoms with Crippen molar-refractivity contribution in [2.24, 2.45) is 0 Å². The lowest BCUT2D eigenvalue weighted by molar-refractivity contribution is -0.0236. The van der Waals surface area contributed by atoms with E-state index in [0.717, 1.165) is 52.1 Å². The van der Waals surface area contributed by atoms with Gasteiger partial charge in [-0.1, -0.05) is 18.2 Å². The maximum Gasteiger partial charge on any atom is 0.0898 e. The number of benzene rings is 1. The maximum absolute atomic E-state index is 10.7. The molecule has 0 saturated carbocycles. The zero-order chi connectivity index (χ0) is 15.0. The van der Waals surface area contributed by atoms with Crippen molar-refractivity contribution in [1.82, 2.24) is 10.2 Å². The van der Waals surface area contributed by atoms with Crippen molar-refractivity contribution in [3.8, 4) is 0 Å². The fraction of sp³-hybridized carbons (Fsp3) is 0.667. The van der Waals surface area contributed by atoms with Gasteiger partial charge in [0.05, 0.1) is 5.60 Å². The largest absolute Gasteiger partial charge is 0.387 e. The van der Waals surface area contributed by atoms with Gasteiger partial charge in [-0.2, -0.15) is 0 Å². The molecule has 3 aliphatic heterocycles. The van der Waals surface area contributed by atoms with E-state index in [9.17, 15) is 5.11 Å². The van der Waals surface area contributed by atoms with Gasteiger partial charge < -0.3 is 20.6 Å². The molecule has 2 fully saturated rings. The van der Waals surface area contributed by atoms with Gasteiger partial charge in [-0.05, 0) is 56.9 Å². The summed E-state index contributed by atoms with van der Waals surface area (Å²) in [6, 6.07) is 8.78. The molecule has 4 rings (SSSR count). The summed E-state index contributed by atoms with van der Waals surface area (Å²) in [7, 11) is 0. The Balaban J connectivity index is 1.41. The van der Waals surface area contributed by atoms with Crippen molar-refractivity contribution >= 4 is 5.69 Å². The third-order valence-electron chi connectivity index (χ3n) is 5.90. The van der Waals surface area contributed by atoms with Crippen LogP contribution in [0, 0.1) is 0 Å². The lowest BCUT2D eigenvalue weighted by Gasteiger charge is -2.43. The summed E-state index contributed by atoms with van der Waals surface area (Å²) in [6.45, 7) is 5.89. The molecule has 120 valence electrons. The van der Waals surface area contributed by atoms with E-state index in [4.69, 9.17) is 0 Å². The highest BCUT2D eigenvalue weighted by molar-refractivity contribution is 5.60. The van der Waals surface area contributed by atoms with Gasteiger partial charge in [-0.25, -0.2) is 0 Å². The number of rotatable bonds is 2. The highest BCUT2D eigenvalue weighted by Gasteiger charge is 2.42. The lowest BCUT2D eigenvalue weighted by atomic mass is 9.74. The molecule has 0 aromatic heterocycles. The van der Waals surface area contributed by atoms with E-state index in [2.05, 4.69) is 39.8 Å². The van der Waals surface area contributed by atoms with Crippen molar-refractivity contribution in [2.45, 2.75) is 36.7 Å². The number of hydrogen-bond donors (Lipinski definition) is 3. The van der Waals surface area contributed by atoms with Crippen molar-refractivity contribution in [2.75, 3.05) is 44.6 Å².